The van der Waals surface area contributed by atoms with Gasteiger partial charge >= 0.3 is 5.97 Å². The molecule has 0 bridgehead atoms. The predicted molar refractivity (Wildman–Crippen MR) is 73.8 cm³/mol. The van der Waals surface area contributed by atoms with Crippen LogP contribution in [0.2, 0.25) is 0 Å². The van der Waals surface area contributed by atoms with Crippen molar-refractivity contribution in [2.75, 3.05) is 11.9 Å². The van der Waals surface area contributed by atoms with Crippen LogP contribution in [0.15, 0.2) is 18.5 Å². The molecule has 0 radical (unpaired) electrons. The van der Waals surface area contributed by atoms with Gasteiger partial charge in [-0.15, -0.1) is 0 Å². The van der Waals surface area contributed by atoms with Gasteiger partial charge in [0.25, 0.3) is 0 Å². The molecule has 2 rings (SSSR count). The quantitative estimate of drug-likeness (QED) is 0.820. The van der Waals surface area contributed by atoms with E-state index in [-0.39, 0.29) is 5.56 Å². The molecule has 7 heteroatoms. The highest BCUT2D eigenvalue weighted by Crippen LogP contribution is 2.11. The fourth-order valence-corrected chi connectivity index (χ4v) is 1.78. The van der Waals surface area contributed by atoms with Gasteiger partial charge in [-0.3, -0.25) is 4.68 Å². The van der Waals surface area contributed by atoms with E-state index in [2.05, 4.69) is 20.4 Å². The summed E-state index contributed by atoms with van der Waals surface area (Å²) in [6, 6.07) is 3.13. The zero-order valence-electron chi connectivity index (χ0n) is 11.5. The van der Waals surface area contributed by atoms with Crippen LogP contribution < -0.4 is 5.32 Å². The highest BCUT2D eigenvalue weighted by Gasteiger charge is 2.08. The van der Waals surface area contributed by atoms with Gasteiger partial charge in [-0.1, -0.05) is 6.92 Å². The fourth-order valence-electron chi connectivity index (χ4n) is 1.78. The van der Waals surface area contributed by atoms with Crippen LogP contribution in [0.25, 0.3) is 0 Å². The molecule has 0 aliphatic heterocycles. The molecular formula is C13H17N5O2. The van der Waals surface area contributed by atoms with Crippen LogP contribution in [-0.4, -0.2) is 37.4 Å². The average Bonchev–Trinajstić information content (AvgIpc) is 2.84. The van der Waals surface area contributed by atoms with Gasteiger partial charge in [0.1, 0.15) is 12.1 Å². The molecule has 2 heterocycles. The first-order valence-corrected chi connectivity index (χ1v) is 6.41. The number of carboxylic acids is 1. The monoisotopic (exact) mass is 275 g/mol. The van der Waals surface area contributed by atoms with Gasteiger partial charge in [0.15, 0.2) is 5.82 Å². The number of rotatable bonds is 6. The fraction of sp³-hybridized carbons (Fsp3) is 0.385. The third-order valence-electron chi connectivity index (χ3n) is 2.79. The van der Waals surface area contributed by atoms with Crippen LogP contribution in [0.4, 0.5) is 5.82 Å². The third kappa shape index (κ3) is 3.53. The Hall–Kier alpha value is -2.44. The smallest absolute Gasteiger partial charge is 0.335 e. The number of nitrogens with one attached hydrogen (secondary N) is 1. The summed E-state index contributed by atoms with van der Waals surface area (Å²) in [6.07, 6.45) is 2.99. The van der Waals surface area contributed by atoms with Crippen molar-refractivity contribution in [1.29, 1.82) is 0 Å². The molecule has 0 aromatic carbocycles. The van der Waals surface area contributed by atoms with Crippen molar-refractivity contribution in [2.45, 2.75) is 19.8 Å². The summed E-state index contributed by atoms with van der Waals surface area (Å²) in [4.78, 5) is 19.5. The zero-order chi connectivity index (χ0) is 14.5. The number of hydrogen-bond acceptors (Lipinski definition) is 5. The van der Waals surface area contributed by atoms with Gasteiger partial charge in [-0.25, -0.2) is 14.8 Å². The van der Waals surface area contributed by atoms with Crippen LogP contribution in [0.3, 0.4) is 0 Å². The van der Waals surface area contributed by atoms with Gasteiger partial charge in [0.05, 0.1) is 5.56 Å². The number of aromatic nitrogens is 4. The number of hydrogen-bond donors (Lipinski definition) is 2. The van der Waals surface area contributed by atoms with Crippen molar-refractivity contribution in [3.05, 3.63) is 35.5 Å². The first-order valence-electron chi connectivity index (χ1n) is 6.41. The molecule has 106 valence electrons. The summed E-state index contributed by atoms with van der Waals surface area (Å²) in [6.45, 7) is 2.54. The van der Waals surface area contributed by atoms with Crippen LogP contribution in [0.1, 0.15) is 28.8 Å². The number of nitrogens with zero attached hydrogens (tertiary/aromatic N) is 4. The van der Waals surface area contributed by atoms with E-state index in [9.17, 15) is 4.79 Å². The molecule has 0 atom stereocenters. The Kier molecular flexibility index (Phi) is 4.29. The number of pyridine rings is 1. The lowest BCUT2D eigenvalue weighted by molar-refractivity contribution is 0.0696. The van der Waals surface area contributed by atoms with Crippen molar-refractivity contribution in [3.8, 4) is 0 Å². The first-order chi connectivity index (χ1) is 9.58. The zero-order valence-corrected chi connectivity index (χ0v) is 11.5. The predicted octanol–water partition coefficient (Wildman–Crippen LogP) is 1.13. The second-order valence-electron chi connectivity index (χ2n) is 4.40. The van der Waals surface area contributed by atoms with Crippen molar-refractivity contribution < 1.29 is 9.90 Å². The standard InChI is InChI=1S/C13H17N5O2/c1-3-10-6-9(13(19)20)7-12(16-10)14-5-4-11-15-8-18(2)17-11/h6-8H,3-5H2,1-2H3,(H,14,16)(H,19,20). The van der Waals surface area contributed by atoms with Crippen molar-refractivity contribution in [3.63, 3.8) is 0 Å². The van der Waals surface area contributed by atoms with E-state index < -0.39 is 5.97 Å². The number of carboxylic acid groups (broad SMARTS) is 1. The van der Waals surface area contributed by atoms with Crippen LogP contribution >= 0.6 is 0 Å². The van der Waals surface area contributed by atoms with Crippen LogP contribution in [0, 0.1) is 0 Å². The Labute approximate surface area is 116 Å². The summed E-state index contributed by atoms with van der Waals surface area (Å²) >= 11 is 0. The lowest BCUT2D eigenvalue weighted by atomic mass is 10.2. The van der Waals surface area contributed by atoms with Gasteiger partial charge in [-0.2, -0.15) is 5.10 Å². The molecule has 0 saturated heterocycles. The summed E-state index contributed by atoms with van der Waals surface area (Å²) in [5, 5.41) is 16.3. The van der Waals surface area contributed by atoms with Crippen LogP contribution in [0.5, 0.6) is 0 Å². The third-order valence-corrected chi connectivity index (χ3v) is 2.79. The molecule has 2 aromatic heterocycles. The second kappa shape index (κ2) is 6.14. The van der Waals surface area contributed by atoms with E-state index >= 15 is 0 Å². The number of carbonyl (C=O) groups is 1. The molecule has 20 heavy (non-hydrogen) atoms. The summed E-state index contributed by atoms with van der Waals surface area (Å²) in [5.74, 6) is 0.360. The minimum absolute atomic E-state index is 0.246. The molecule has 2 aromatic rings. The number of aromatic carboxylic acids is 1. The molecule has 0 fully saturated rings. The van der Waals surface area contributed by atoms with Crippen molar-refractivity contribution in [1.82, 2.24) is 19.7 Å². The minimum Gasteiger partial charge on any atom is -0.478 e. The highest BCUT2D eigenvalue weighted by molar-refractivity contribution is 5.88. The maximum Gasteiger partial charge on any atom is 0.335 e. The largest absolute Gasteiger partial charge is 0.478 e. The van der Waals surface area contributed by atoms with E-state index in [1.54, 1.807) is 17.1 Å². The number of anilines is 1. The lowest BCUT2D eigenvalue weighted by Gasteiger charge is -2.07. The molecule has 7 nitrogen and oxygen atoms in total. The van der Waals surface area contributed by atoms with Gasteiger partial charge in [0.2, 0.25) is 0 Å². The van der Waals surface area contributed by atoms with Crippen molar-refractivity contribution >= 4 is 11.8 Å². The topological polar surface area (TPSA) is 92.9 Å². The Morgan fingerprint density at radius 2 is 2.25 bits per heavy atom. The lowest BCUT2D eigenvalue weighted by Crippen LogP contribution is -2.10. The molecule has 0 aliphatic carbocycles. The maximum absolute atomic E-state index is 11.0. The second-order valence-corrected chi connectivity index (χ2v) is 4.40. The van der Waals surface area contributed by atoms with Crippen LogP contribution in [-0.2, 0) is 19.9 Å². The average molecular weight is 275 g/mol. The molecule has 0 spiro atoms. The van der Waals surface area contributed by atoms with E-state index in [0.717, 1.165) is 11.5 Å². The Balaban J connectivity index is 2.01. The molecular weight excluding hydrogens is 258 g/mol. The summed E-state index contributed by atoms with van der Waals surface area (Å²) < 4.78 is 1.65. The molecule has 0 unspecified atom stereocenters. The SMILES string of the molecule is CCc1cc(C(=O)O)cc(NCCc2ncn(C)n2)n1. The summed E-state index contributed by atoms with van der Waals surface area (Å²) in [5.41, 5.74) is 0.999. The molecule has 2 N–H and O–H groups in total. The van der Waals surface area contributed by atoms with Crippen molar-refractivity contribution in [2.24, 2.45) is 7.05 Å². The Bertz CT molecular complexity index is 609. The molecule has 0 saturated carbocycles. The summed E-state index contributed by atoms with van der Waals surface area (Å²) in [7, 11) is 1.81. The van der Waals surface area contributed by atoms with E-state index in [0.29, 0.717) is 25.2 Å². The Morgan fingerprint density at radius 3 is 2.85 bits per heavy atom. The molecule has 0 aliphatic rings. The highest BCUT2D eigenvalue weighted by atomic mass is 16.4. The molecule has 0 amide bonds. The Morgan fingerprint density at radius 1 is 1.45 bits per heavy atom. The minimum atomic E-state index is -0.948. The van der Waals surface area contributed by atoms with E-state index in [1.807, 2.05) is 14.0 Å². The first kappa shape index (κ1) is 14.0. The maximum atomic E-state index is 11.0. The van der Waals surface area contributed by atoms with Gasteiger partial charge in [0, 0.05) is 25.7 Å². The normalized spacial score (nSPS) is 10.5. The van der Waals surface area contributed by atoms with Gasteiger partial charge < -0.3 is 10.4 Å². The van der Waals surface area contributed by atoms with E-state index in [4.69, 9.17) is 5.11 Å². The number of aryl methyl sites for hydroxylation is 2. The van der Waals surface area contributed by atoms with Gasteiger partial charge in [-0.05, 0) is 18.6 Å². The van der Waals surface area contributed by atoms with E-state index in [1.165, 1.54) is 6.07 Å².